The molecule has 3 atom stereocenters. The summed E-state index contributed by atoms with van der Waals surface area (Å²) in [5.74, 6) is -0.390. The first-order chi connectivity index (χ1) is 23.8. The third kappa shape index (κ3) is 8.92. The number of para-hydroxylation sites is 1. The van der Waals surface area contributed by atoms with Crippen molar-refractivity contribution in [1.82, 2.24) is 25.5 Å². The normalized spacial score (nSPS) is 19.0. The number of ether oxygens (including phenoxy) is 1. The van der Waals surface area contributed by atoms with Crippen molar-refractivity contribution >= 4 is 62.1 Å². The number of hydrogen-bond donors (Lipinski definition) is 3. The molecule has 2 aliphatic rings. The van der Waals surface area contributed by atoms with Crippen LogP contribution in [0.5, 0.6) is 0 Å². The van der Waals surface area contributed by atoms with Crippen molar-refractivity contribution in [1.29, 1.82) is 0 Å². The maximum atomic E-state index is 14.1. The van der Waals surface area contributed by atoms with Crippen LogP contribution in [-0.4, -0.2) is 76.8 Å². The average Bonchev–Trinajstić information content (AvgIpc) is 3.85. The molecule has 4 aromatic rings. The number of carbonyl (C=O) groups is 3. The number of benzene rings is 2. The van der Waals surface area contributed by atoms with Crippen LogP contribution in [0.15, 0.2) is 48.5 Å². The minimum atomic E-state index is -0.800. The van der Waals surface area contributed by atoms with Crippen molar-refractivity contribution in [2.24, 2.45) is 5.73 Å². The topological polar surface area (TPSA) is 140 Å². The van der Waals surface area contributed by atoms with Crippen LogP contribution in [0.25, 0.3) is 10.2 Å². The second-order valence-electron chi connectivity index (χ2n) is 12.8. The van der Waals surface area contributed by atoms with Gasteiger partial charge in [-0.15, -0.1) is 22.7 Å². The number of amides is 2. The lowest BCUT2D eigenvalue weighted by Gasteiger charge is -2.26. The number of aromatic nitrogens is 2. The van der Waals surface area contributed by atoms with Gasteiger partial charge in [0.1, 0.15) is 6.04 Å². The molecule has 0 unspecified atom stereocenters. The van der Waals surface area contributed by atoms with E-state index in [0.29, 0.717) is 48.4 Å². The molecule has 2 aliphatic heterocycles. The molecule has 2 fully saturated rings. The van der Waals surface area contributed by atoms with Gasteiger partial charge in [0.2, 0.25) is 17.6 Å². The lowest BCUT2D eigenvalue weighted by atomic mass is 9.99. The third-order valence-corrected chi connectivity index (χ3v) is 11.8. The highest BCUT2D eigenvalue weighted by atomic mass is 35.5. The lowest BCUT2D eigenvalue weighted by Crippen LogP contribution is -2.51. The number of unbranched alkanes of at least 4 members (excludes halogenated alkanes) is 1. The Labute approximate surface area is 299 Å². The van der Waals surface area contributed by atoms with Crippen LogP contribution in [-0.2, 0) is 27.4 Å². The standard InChI is InChI=1S/C36H43ClN6O4S2/c1-22-29(42-35(48-22)24-13-16-39-17-14-24)19-32(44)43-20-26(47-21-23-9-11-25(37)12-10-23)18-30(43)34(46)40-28(7-4-5-15-38)33(45)36-41-27-6-2-3-8-31(27)49-36/h2-3,6,8-12,24,26,28,30,39H,4-5,7,13-21,38H2,1H3,(H,40,46)/t26-,28+,30+/m1/s1. The van der Waals surface area contributed by atoms with E-state index < -0.39 is 12.1 Å². The number of halogens is 1. The molecule has 2 amide bonds. The Morgan fingerprint density at radius 2 is 1.86 bits per heavy atom. The fraction of sp³-hybridized carbons (Fsp3) is 0.472. The predicted molar refractivity (Wildman–Crippen MR) is 194 cm³/mol. The molecule has 2 aromatic carbocycles. The van der Waals surface area contributed by atoms with Crippen LogP contribution in [0.4, 0.5) is 0 Å². The summed E-state index contributed by atoms with van der Waals surface area (Å²) in [6.45, 7) is 5.02. The van der Waals surface area contributed by atoms with Crippen molar-refractivity contribution in [2.75, 3.05) is 26.2 Å². The number of aryl methyl sites for hydroxylation is 1. The van der Waals surface area contributed by atoms with Crippen molar-refractivity contribution in [3.63, 3.8) is 0 Å². The van der Waals surface area contributed by atoms with E-state index in [9.17, 15) is 14.4 Å². The zero-order valence-corrected chi connectivity index (χ0v) is 30.0. The molecular formula is C36H43ClN6O4S2. The molecule has 4 heterocycles. The van der Waals surface area contributed by atoms with Gasteiger partial charge in [0.05, 0.1) is 46.1 Å². The van der Waals surface area contributed by atoms with E-state index >= 15 is 0 Å². The average molecular weight is 723 g/mol. The summed E-state index contributed by atoms with van der Waals surface area (Å²) in [6.07, 6.45) is 3.92. The molecule has 2 saturated heterocycles. The smallest absolute Gasteiger partial charge is 0.243 e. The van der Waals surface area contributed by atoms with E-state index in [1.165, 1.54) is 11.3 Å². The number of ketones is 1. The van der Waals surface area contributed by atoms with Crippen LogP contribution in [0.1, 0.15) is 75.4 Å². The molecular weight excluding hydrogens is 680 g/mol. The second-order valence-corrected chi connectivity index (χ2v) is 15.5. The summed E-state index contributed by atoms with van der Waals surface area (Å²) in [4.78, 5) is 54.1. The highest BCUT2D eigenvalue weighted by Crippen LogP contribution is 2.32. The van der Waals surface area contributed by atoms with Gasteiger partial charge in [0.15, 0.2) is 5.01 Å². The zero-order valence-electron chi connectivity index (χ0n) is 27.7. The molecule has 0 spiro atoms. The van der Waals surface area contributed by atoms with E-state index in [-0.39, 0.29) is 36.7 Å². The van der Waals surface area contributed by atoms with Crippen molar-refractivity contribution < 1.29 is 19.1 Å². The van der Waals surface area contributed by atoms with Gasteiger partial charge in [-0.3, -0.25) is 14.4 Å². The zero-order chi connectivity index (χ0) is 34.3. The van der Waals surface area contributed by atoms with Gasteiger partial charge < -0.3 is 26.0 Å². The summed E-state index contributed by atoms with van der Waals surface area (Å²) < 4.78 is 7.17. The molecule has 0 saturated carbocycles. The van der Waals surface area contributed by atoms with E-state index in [1.807, 2.05) is 55.5 Å². The molecule has 2 aromatic heterocycles. The summed E-state index contributed by atoms with van der Waals surface area (Å²) in [6, 6.07) is 13.4. The summed E-state index contributed by atoms with van der Waals surface area (Å²) in [7, 11) is 0. The molecule has 10 nitrogen and oxygen atoms in total. The molecule has 0 radical (unpaired) electrons. The number of nitrogens with one attached hydrogen (secondary N) is 2. The first kappa shape index (κ1) is 35.6. The Hall–Kier alpha value is -3.26. The number of Topliss-reactive ketones (excluding diaryl/α,β-unsaturated/α-hetero) is 1. The molecule has 0 bridgehead atoms. The molecule has 260 valence electrons. The molecule has 0 aliphatic carbocycles. The minimum Gasteiger partial charge on any atom is -0.372 e. The number of nitrogens with two attached hydrogens (primary N) is 1. The molecule has 4 N–H and O–H groups in total. The van der Waals surface area contributed by atoms with Crippen molar-refractivity contribution in [2.45, 2.75) is 82.6 Å². The first-order valence-corrected chi connectivity index (χ1v) is 19.0. The highest BCUT2D eigenvalue weighted by molar-refractivity contribution is 7.20. The van der Waals surface area contributed by atoms with E-state index in [2.05, 4.69) is 15.6 Å². The van der Waals surface area contributed by atoms with Gasteiger partial charge in [-0.1, -0.05) is 35.9 Å². The number of rotatable bonds is 14. The maximum absolute atomic E-state index is 14.1. The van der Waals surface area contributed by atoms with E-state index in [4.69, 9.17) is 27.1 Å². The van der Waals surface area contributed by atoms with Gasteiger partial charge in [-0.25, -0.2) is 9.97 Å². The van der Waals surface area contributed by atoms with Crippen LogP contribution >= 0.6 is 34.3 Å². The van der Waals surface area contributed by atoms with Crippen LogP contribution < -0.4 is 16.4 Å². The number of likely N-dealkylation sites (tertiary alicyclic amines) is 1. The molecule has 13 heteroatoms. The maximum Gasteiger partial charge on any atom is 0.243 e. The Morgan fingerprint density at radius 3 is 2.61 bits per heavy atom. The Bertz CT molecular complexity index is 1720. The highest BCUT2D eigenvalue weighted by Gasteiger charge is 2.41. The largest absolute Gasteiger partial charge is 0.372 e. The van der Waals surface area contributed by atoms with Gasteiger partial charge in [0, 0.05) is 28.8 Å². The third-order valence-electron chi connectivity index (χ3n) is 9.29. The van der Waals surface area contributed by atoms with Gasteiger partial charge in [0.25, 0.3) is 0 Å². The number of nitrogens with zero attached hydrogens (tertiary/aromatic N) is 3. The first-order valence-electron chi connectivity index (χ1n) is 17.0. The number of fused-ring (bicyclic) bond motifs is 1. The Kier molecular flexibility index (Phi) is 12.1. The fourth-order valence-electron chi connectivity index (χ4n) is 6.50. The quantitative estimate of drug-likeness (QED) is 0.116. The predicted octanol–water partition coefficient (Wildman–Crippen LogP) is 5.41. The van der Waals surface area contributed by atoms with Crippen molar-refractivity contribution in [3.05, 3.63) is 79.7 Å². The Morgan fingerprint density at radius 1 is 1.08 bits per heavy atom. The van der Waals surface area contributed by atoms with Crippen LogP contribution in [0.2, 0.25) is 5.02 Å². The van der Waals surface area contributed by atoms with Gasteiger partial charge in [-0.05, 0) is 88.5 Å². The lowest BCUT2D eigenvalue weighted by molar-refractivity contribution is -0.138. The number of carbonyl (C=O) groups excluding carboxylic acids is 3. The van der Waals surface area contributed by atoms with Crippen molar-refractivity contribution in [3.8, 4) is 0 Å². The molecule has 6 rings (SSSR count). The minimum absolute atomic E-state index is 0.103. The molecule has 49 heavy (non-hydrogen) atoms. The number of hydrogen-bond acceptors (Lipinski definition) is 10. The number of thiazole rings is 2. The van der Waals surface area contributed by atoms with E-state index in [1.54, 1.807) is 16.2 Å². The summed E-state index contributed by atoms with van der Waals surface area (Å²) in [5.41, 5.74) is 8.22. The Balaban J connectivity index is 1.20. The van der Waals surface area contributed by atoms with Crippen LogP contribution in [0.3, 0.4) is 0 Å². The number of piperidine rings is 1. The second kappa shape index (κ2) is 16.6. The van der Waals surface area contributed by atoms with Gasteiger partial charge in [-0.2, -0.15) is 0 Å². The SMILES string of the molecule is Cc1sc(C2CCNCC2)nc1CC(=O)N1C[C@H](OCc2ccc(Cl)cc2)C[C@H]1C(=O)N[C@@H](CCCCN)C(=O)c1nc2ccccc2s1. The monoisotopic (exact) mass is 722 g/mol. The van der Waals surface area contributed by atoms with Gasteiger partial charge >= 0.3 is 0 Å². The van der Waals surface area contributed by atoms with Crippen LogP contribution in [0, 0.1) is 6.92 Å². The fourth-order valence-corrected chi connectivity index (χ4v) is 8.69. The summed E-state index contributed by atoms with van der Waals surface area (Å²) in [5, 5.41) is 8.49. The summed E-state index contributed by atoms with van der Waals surface area (Å²) >= 11 is 9.05. The van der Waals surface area contributed by atoms with E-state index in [0.717, 1.165) is 63.7 Å².